The van der Waals surface area contributed by atoms with Gasteiger partial charge in [-0.1, -0.05) is 12.1 Å². The highest BCUT2D eigenvalue weighted by molar-refractivity contribution is 5.91. The van der Waals surface area contributed by atoms with Gasteiger partial charge < -0.3 is 4.74 Å². The molecule has 0 N–H and O–H groups in total. The molecule has 0 unspecified atom stereocenters. The van der Waals surface area contributed by atoms with Crippen molar-refractivity contribution in [2.24, 2.45) is 0 Å². The van der Waals surface area contributed by atoms with Crippen LogP contribution in [0.25, 0.3) is 0 Å². The highest BCUT2D eigenvalue weighted by Gasteiger charge is 2.16. The molecule has 0 aromatic heterocycles. The number of fused-ring (bicyclic) bond motifs is 1. The van der Waals surface area contributed by atoms with E-state index < -0.39 is 0 Å². The number of hydrogen-bond acceptors (Lipinski definition) is 2. The lowest BCUT2D eigenvalue weighted by molar-refractivity contribution is 0.0480. The molecule has 2 rings (SSSR count). The minimum absolute atomic E-state index is 0.208. The lowest BCUT2D eigenvalue weighted by Crippen LogP contribution is -2.16. The van der Waals surface area contributed by atoms with Gasteiger partial charge in [-0.05, 0) is 17.7 Å². The normalized spacial score (nSPS) is 15.5. The fraction of sp³-hybridized carbons (Fsp3) is 0.222. The summed E-state index contributed by atoms with van der Waals surface area (Å²) >= 11 is 0. The Balaban J connectivity index is 2.52. The second kappa shape index (κ2) is 2.38. The average molecular weight is 147 g/mol. The van der Waals surface area contributed by atoms with Gasteiger partial charge in [0.05, 0.1) is 12.2 Å². The summed E-state index contributed by atoms with van der Waals surface area (Å²) in [5.41, 5.74) is 1.73. The van der Waals surface area contributed by atoms with E-state index in [0.29, 0.717) is 12.2 Å². The Kier molecular flexibility index (Phi) is 1.39. The number of carbonyl (C=O) groups excluding carboxylic acids is 1. The van der Waals surface area contributed by atoms with Crippen molar-refractivity contribution >= 4 is 5.97 Å². The largest absolute Gasteiger partial charge is 0.462 e. The summed E-state index contributed by atoms with van der Waals surface area (Å²) in [6.07, 6.45) is 0.818. The highest BCUT2D eigenvalue weighted by atomic mass is 16.5. The van der Waals surface area contributed by atoms with Crippen molar-refractivity contribution in [3.05, 3.63) is 35.4 Å². The summed E-state index contributed by atoms with van der Waals surface area (Å²) in [5, 5.41) is 0. The summed E-state index contributed by atoms with van der Waals surface area (Å²) in [7, 11) is 0. The summed E-state index contributed by atoms with van der Waals surface area (Å²) in [6.45, 7) is 0.504. The fourth-order valence-electron chi connectivity index (χ4n) is 1.20. The molecule has 1 aliphatic rings. The first kappa shape index (κ1) is 6.40. The van der Waals surface area contributed by atoms with Gasteiger partial charge in [0, 0.05) is 6.42 Å². The molecule has 0 aliphatic carbocycles. The molecule has 55 valence electrons. The van der Waals surface area contributed by atoms with Crippen LogP contribution in [0.3, 0.4) is 0 Å². The second-order valence-electron chi connectivity index (χ2n) is 2.47. The number of rotatable bonds is 0. The molecule has 0 bridgehead atoms. The van der Waals surface area contributed by atoms with Gasteiger partial charge in [0.25, 0.3) is 0 Å². The topological polar surface area (TPSA) is 26.3 Å². The van der Waals surface area contributed by atoms with Crippen LogP contribution in [0.2, 0.25) is 0 Å². The van der Waals surface area contributed by atoms with Crippen molar-refractivity contribution in [2.75, 3.05) is 6.61 Å². The monoisotopic (exact) mass is 147 g/mol. The van der Waals surface area contributed by atoms with E-state index in [2.05, 4.69) is 6.07 Å². The van der Waals surface area contributed by atoms with Crippen LogP contribution in [0.4, 0.5) is 0 Å². The molecule has 1 radical (unpaired) electrons. The van der Waals surface area contributed by atoms with Crippen molar-refractivity contribution in [2.45, 2.75) is 6.42 Å². The maximum atomic E-state index is 11.0. The molecule has 0 saturated heterocycles. The van der Waals surface area contributed by atoms with Crippen LogP contribution in [0, 0.1) is 6.07 Å². The van der Waals surface area contributed by atoms with E-state index in [4.69, 9.17) is 4.74 Å². The van der Waals surface area contributed by atoms with Crippen molar-refractivity contribution in [3.63, 3.8) is 0 Å². The van der Waals surface area contributed by atoms with Crippen LogP contribution in [0.1, 0.15) is 15.9 Å². The third-order valence-electron chi connectivity index (χ3n) is 1.77. The molecule has 1 aromatic rings. The van der Waals surface area contributed by atoms with E-state index in [1.165, 1.54) is 0 Å². The minimum Gasteiger partial charge on any atom is -0.462 e. The van der Waals surface area contributed by atoms with Crippen LogP contribution in [-0.4, -0.2) is 12.6 Å². The van der Waals surface area contributed by atoms with Crippen LogP contribution in [0.5, 0.6) is 0 Å². The molecule has 1 aliphatic heterocycles. The molecule has 1 aromatic carbocycles. The first-order valence-electron chi connectivity index (χ1n) is 3.54. The number of cyclic esters (lactones) is 1. The molecule has 2 heteroatoms. The standard InChI is InChI=1S/C9H7O2/c10-9-8-4-2-1-3-7(8)5-6-11-9/h2-4H,5-6H2. The lowest BCUT2D eigenvalue weighted by Gasteiger charge is -2.14. The van der Waals surface area contributed by atoms with Gasteiger partial charge in [-0.3, -0.25) is 0 Å². The van der Waals surface area contributed by atoms with Crippen molar-refractivity contribution in [3.8, 4) is 0 Å². The Hall–Kier alpha value is -1.31. The van der Waals surface area contributed by atoms with Crippen LogP contribution in [0.15, 0.2) is 18.2 Å². The number of benzene rings is 1. The summed E-state index contributed by atoms with van der Waals surface area (Å²) < 4.78 is 4.85. The fourth-order valence-corrected chi connectivity index (χ4v) is 1.20. The zero-order valence-corrected chi connectivity index (χ0v) is 5.96. The second-order valence-corrected chi connectivity index (χ2v) is 2.47. The molecular weight excluding hydrogens is 140 g/mol. The molecular formula is C9H7O2. The Bertz CT molecular complexity index is 291. The summed E-state index contributed by atoms with van der Waals surface area (Å²) in [4.78, 5) is 11.0. The Labute approximate surface area is 64.8 Å². The SMILES string of the molecule is O=C1OCCc2c[c]ccc21. The first-order valence-corrected chi connectivity index (χ1v) is 3.54. The van der Waals surface area contributed by atoms with Gasteiger partial charge in [0.1, 0.15) is 0 Å². The van der Waals surface area contributed by atoms with Gasteiger partial charge in [-0.25, -0.2) is 4.79 Å². The predicted molar refractivity (Wildman–Crippen MR) is 39.3 cm³/mol. The summed E-state index contributed by atoms with van der Waals surface area (Å²) in [6, 6.07) is 8.25. The van der Waals surface area contributed by atoms with Gasteiger partial charge in [0.15, 0.2) is 0 Å². The molecule has 0 spiro atoms. The first-order chi connectivity index (χ1) is 5.38. The van der Waals surface area contributed by atoms with Gasteiger partial charge in [-0.15, -0.1) is 0 Å². The molecule has 2 nitrogen and oxygen atoms in total. The van der Waals surface area contributed by atoms with Gasteiger partial charge in [0.2, 0.25) is 0 Å². The molecule has 11 heavy (non-hydrogen) atoms. The quantitative estimate of drug-likeness (QED) is 0.515. The van der Waals surface area contributed by atoms with Crippen LogP contribution >= 0.6 is 0 Å². The highest BCUT2D eigenvalue weighted by Crippen LogP contribution is 2.14. The molecule has 0 saturated carbocycles. The Morgan fingerprint density at radius 2 is 2.45 bits per heavy atom. The third kappa shape index (κ3) is 1.00. The summed E-state index contributed by atoms with van der Waals surface area (Å²) in [5.74, 6) is -0.208. The van der Waals surface area contributed by atoms with Gasteiger partial charge in [-0.2, -0.15) is 0 Å². The van der Waals surface area contributed by atoms with E-state index in [1.807, 2.05) is 6.07 Å². The number of hydrogen-bond donors (Lipinski definition) is 0. The van der Waals surface area contributed by atoms with E-state index in [-0.39, 0.29) is 5.97 Å². The van der Waals surface area contributed by atoms with Crippen molar-refractivity contribution in [1.29, 1.82) is 0 Å². The predicted octanol–water partition coefficient (Wildman–Crippen LogP) is 1.20. The molecule has 1 heterocycles. The van der Waals surface area contributed by atoms with E-state index in [0.717, 1.165) is 12.0 Å². The third-order valence-corrected chi connectivity index (χ3v) is 1.77. The van der Waals surface area contributed by atoms with Gasteiger partial charge >= 0.3 is 5.97 Å². The zero-order valence-electron chi connectivity index (χ0n) is 5.96. The number of ether oxygens (including phenoxy) is 1. The molecule has 0 atom stereocenters. The van der Waals surface area contributed by atoms with Crippen molar-refractivity contribution in [1.82, 2.24) is 0 Å². The van der Waals surface area contributed by atoms with E-state index in [1.54, 1.807) is 12.1 Å². The number of esters is 1. The van der Waals surface area contributed by atoms with E-state index in [9.17, 15) is 4.79 Å². The zero-order chi connectivity index (χ0) is 7.68. The van der Waals surface area contributed by atoms with Crippen LogP contribution in [-0.2, 0) is 11.2 Å². The Morgan fingerprint density at radius 1 is 1.55 bits per heavy atom. The van der Waals surface area contributed by atoms with Crippen LogP contribution < -0.4 is 0 Å². The van der Waals surface area contributed by atoms with E-state index >= 15 is 0 Å². The molecule has 0 amide bonds. The number of carbonyl (C=O) groups is 1. The average Bonchev–Trinajstić information content (AvgIpc) is 2.06. The lowest BCUT2D eigenvalue weighted by atomic mass is 10.0. The minimum atomic E-state index is -0.208. The maximum Gasteiger partial charge on any atom is 0.338 e. The molecule has 0 fully saturated rings. The Morgan fingerprint density at radius 3 is 3.27 bits per heavy atom. The smallest absolute Gasteiger partial charge is 0.338 e. The maximum absolute atomic E-state index is 11.0. The van der Waals surface area contributed by atoms with Crippen molar-refractivity contribution < 1.29 is 9.53 Å².